The Kier molecular flexibility index (Phi) is 6.67. The molecule has 0 unspecified atom stereocenters. The van der Waals surface area contributed by atoms with Gasteiger partial charge in [0.25, 0.3) is 0 Å². The first-order valence-electron chi connectivity index (χ1n) is 6.72. The zero-order valence-corrected chi connectivity index (χ0v) is 12.8. The second-order valence-electron chi connectivity index (χ2n) is 4.76. The van der Waals surface area contributed by atoms with Crippen molar-refractivity contribution in [2.24, 2.45) is 0 Å². The minimum absolute atomic E-state index is 0.0642. The van der Waals surface area contributed by atoms with E-state index in [9.17, 15) is 13.2 Å². The maximum atomic E-state index is 11.6. The quantitative estimate of drug-likeness (QED) is 0.760. The summed E-state index contributed by atoms with van der Waals surface area (Å²) < 4.78 is 25.3. The molecule has 0 saturated heterocycles. The smallest absolute Gasteiger partial charge is 0.235 e. The van der Waals surface area contributed by atoms with Gasteiger partial charge in [-0.3, -0.25) is 4.79 Å². The van der Waals surface area contributed by atoms with Crippen molar-refractivity contribution in [2.45, 2.75) is 33.2 Å². The second kappa shape index (κ2) is 8.01. The van der Waals surface area contributed by atoms with Gasteiger partial charge in [-0.1, -0.05) is 43.2 Å². The highest BCUT2D eigenvalue weighted by atomic mass is 32.2. The molecule has 0 bridgehead atoms. The van der Waals surface area contributed by atoms with E-state index < -0.39 is 10.0 Å². The molecule has 0 fully saturated rings. The Morgan fingerprint density at radius 3 is 2.45 bits per heavy atom. The van der Waals surface area contributed by atoms with Crippen LogP contribution in [0.4, 0.5) is 0 Å². The van der Waals surface area contributed by atoms with Gasteiger partial charge in [-0.2, -0.15) is 0 Å². The highest BCUT2D eigenvalue weighted by Gasteiger charge is 2.11. The number of hydrogen-bond acceptors (Lipinski definition) is 3. The van der Waals surface area contributed by atoms with Gasteiger partial charge in [0.1, 0.15) is 0 Å². The summed E-state index contributed by atoms with van der Waals surface area (Å²) in [4.78, 5) is 11.6. The minimum Gasteiger partial charge on any atom is -0.351 e. The zero-order chi connectivity index (χ0) is 15.0. The van der Waals surface area contributed by atoms with Crippen LogP contribution in [-0.2, 0) is 21.4 Å². The molecule has 0 radical (unpaired) electrons. The molecule has 0 atom stereocenters. The first kappa shape index (κ1) is 16.7. The van der Waals surface area contributed by atoms with E-state index in [0.717, 1.165) is 17.5 Å². The van der Waals surface area contributed by atoms with E-state index in [4.69, 9.17) is 0 Å². The van der Waals surface area contributed by atoms with Gasteiger partial charge >= 0.3 is 0 Å². The monoisotopic (exact) mass is 298 g/mol. The molecule has 0 aromatic heterocycles. The number of rotatable bonds is 8. The Hall–Kier alpha value is -1.40. The standard InChI is InChI=1S/C14H22N2O3S/c1-3-4-9-20(18,19)16-11-14(17)15-10-13-7-5-12(2)6-8-13/h5-8,16H,3-4,9-11H2,1-2H3,(H,15,17). The highest BCUT2D eigenvalue weighted by Crippen LogP contribution is 2.02. The van der Waals surface area contributed by atoms with E-state index in [1.807, 2.05) is 38.1 Å². The van der Waals surface area contributed by atoms with Gasteiger partial charge in [-0.05, 0) is 18.9 Å². The number of aryl methyl sites for hydroxylation is 1. The van der Waals surface area contributed by atoms with Crippen LogP contribution in [0, 0.1) is 6.92 Å². The van der Waals surface area contributed by atoms with Crippen molar-refractivity contribution in [1.82, 2.24) is 10.0 Å². The molecule has 0 aliphatic rings. The molecular formula is C14H22N2O3S. The molecule has 0 aliphatic heterocycles. The third kappa shape index (κ3) is 6.68. The molecule has 1 amide bonds. The Bertz CT molecular complexity index is 524. The number of nitrogens with one attached hydrogen (secondary N) is 2. The fraction of sp³-hybridized carbons (Fsp3) is 0.500. The third-order valence-electron chi connectivity index (χ3n) is 2.83. The lowest BCUT2D eigenvalue weighted by Crippen LogP contribution is -2.37. The predicted octanol–water partition coefficient (Wildman–Crippen LogP) is 1.33. The molecular weight excluding hydrogens is 276 g/mol. The van der Waals surface area contributed by atoms with Gasteiger partial charge in [-0.15, -0.1) is 0 Å². The van der Waals surface area contributed by atoms with Crippen LogP contribution in [0.3, 0.4) is 0 Å². The van der Waals surface area contributed by atoms with E-state index in [1.54, 1.807) is 0 Å². The Morgan fingerprint density at radius 2 is 1.85 bits per heavy atom. The molecule has 1 aromatic rings. The molecule has 0 aliphatic carbocycles. The summed E-state index contributed by atoms with van der Waals surface area (Å²) >= 11 is 0. The van der Waals surface area contributed by atoms with E-state index in [-0.39, 0.29) is 18.2 Å². The van der Waals surface area contributed by atoms with Crippen molar-refractivity contribution in [1.29, 1.82) is 0 Å². The third-order valence-corrected chi connectivity index (χ3v) is 4.24. The maximum absolute atomic E-state index is 11.6. The van der Waals surface area contributed by atoms with E-state index >= 15 is 0 Å². The highest BCUT2D eigenvalue weighted by molar-refractivity contribution is 7.89. The molecule has 2 N–H and O–H groups in total. The average molecular weight is 298 g/mol. The Morgan fingerprint density at radius 1 is 1.20 bits per heavy atom. The first-order valence-corrected chi connectivity index (χ1v) is 8.38. The number of carbonyl (C=O) groups is 1. The lowest BCUT2D eigenvalue weighted by Gasteiger charge is -2.07. The number of amides is 1. The minimum atomic E-state index is -3.34. The fourth-order valence-corrected chi connectivity index (χ4v) is 2.72. The molecule has 1 aromatic carbocycles. The predicted molar refractivity (Wildman–Crippen MR) is 79.7 cm³/mol. The summed E-state index contributed by atoms with van der Waals surface area (Å²) in [5.74, 6) is -0.264. The van der Waals surface area contributed by atoms with E-state index in [1.165, 1.54) is 0 Å². The molecule has 0 spiro atoms. The van der Waals surface area contributed by atoms with Crippen molar-refractivity contribution in [3.63, 3.8) is 0 Å². The van der Waals surface area contributed by atoms with Crippen LogP contribution < -0.4 is 10.0 Å². The van der Waals surface area contributed by atoms with Gasteiger partial charge in [0.2, 0.25) is 15.9 Å². The number of carbonyl (C=O) groups excluding carboxylic acids is 1. The number of unbranched alkanes of at least 4 members (excludes halogenated alkanes) is 1. The molecule has 20 heavy (non-hydrogen) atoms. The lowest BCUT2D eigenvalue weighted by molar-refractivity contribution is -0.120. The Labute approximate surface area is 120 Å². The van der Waals surface area contributed by atoms with Gasteiger partial charge in [0.05, 0.1) is 12.3 Å². The summed E-state index contributed by atoms with van der Waals surface area (Å²) in [7, 11) is -3.34. The van der Waals surface area contributed by atoms with E-state index in [2.05, 4.69) is 10.0 Å². The second-order valence-corrected chi connectivity index (χ2v) is 6.68. The first-order chi connectivity index (χ1) is 9.43. The molecule has 0 saturated carbocycles. The van der Waals surface area contributed by atoms with Crippen LogP contribution in [0.5, 0.6) is 0 Å². The van der Waals surface area contributed by atoms with Gasteiger partial charge < -0.3 is 5.32 Å². The fourth-order valence-electron chi connectivity index (χ4n) is 1.55. The topological polar surface area (TPSA) is 75.3 Å². The van der Waals surface area contributed by atoms with Crippen molar-refractivity contribution in [3.05, 3.63) is 35.4 Å². The van der Waals surface area contributed by atoms with Crippen LogP contribution in [0.1, 0.15) is 30.9 Å². The SMILES string of the molecule is CCCCS(=O)(=O)NCC(=O)NCc1ccc(C)cc1. The molecule has 6 heteroatoms. The van der Waals surface area contributed by atoms with Crippen LogP contribution in [0.25, 0.3) is 0 Å². The number of hydrogen-bond donors (Lipinski definition) is 2. The molecule has 5 nitrogen and oxygen atoms in total. The average Bonchev–Trinajstić information content (AvgIpc) is 2.42. The summed E-state index contributed by atoms with van der Waals surface area (Å²) in [6.07, 6.45) is 1.40. The van der Waals surface area contributed by atoms with Crippen molar-refractivity contribution in [2.75, 3.05) is 12.3 Å². The van der Waals surface area contributed by atoms with Crippen LogP contribution in [-0.4, -0.2) is 26.6 Å². The van der Waals surface area contributed by atoms with Crippen LogP contribution in [0.2, 0.25) is 0 Å². The number of sulfonamides is 1. The molecule has 112 valence electrons. The van der Waals surface area contributed by atoms with Crippen molar-refractivity contribution >= 4 is 15.9 Å². The van der Waals surface area contributed by atoms with Crippen molar-refractivity contribution in [3.8, 4) is 0 Å². The van der Waals surface area contributed by atoms with Crippen molar-refractivity contribution < 1.29 is 13.2 Å². The summed E-state index contributed by atoms with van der Waals surface area (Å²) in [5, 5.41) is 2.68. The number of benzene rings is 1. The largest absolute Gasteiger partial charge is 0.351 e. The van der Waals surface area contributed by atoms with E-state index in [0.29, 0.717) is 13.0 Å². The van der Waals surface area contributed by atoms with Gasteiger partial charge in [-0.25, -0.2) is 13.1 Å². The molecule has 0 heterocycles. The lowest BCUT2D eigenvalue weighted by atomic mass is 10.1. The summed E-state index contributed by atoms with van der Waals surface area (Å²) in [6, 6.07) is 7.80. The summed E-state index contributed by atoms with van der Waals surface area (Å²) in [5.41, 5.74) is 2.14. The van der Waals surface area contributed by atoms with Gasteiger partial charge in [0, 0.05) is 6.54 Å². The summed E-state index contributed by atoms with van der Waals surface area (Å²) in [6.45, 7) is 4.10. The maximum Gasteiger partial charge on any atom is 0.235 e. The zero-order valence-electron chi connectivity index (χ0n) is 12.0. The Balaban J connectivity index is 2.32. The van der Waals surface area contributed by atoms with Crippen LogP contribution >= 0.6 is 0 Å². The molecule has 1 rings (SSSR count). The normalized spacial score (nSPS) is 11.3. The van der Waals surface area contributed by atoms with Crippen LogP contribution in [0.15, 0.2) is 24.3 Å². The van der Waals surface area contributed by atoms with Gasteiger partial charge in [0.15, 0.2) is 0 Å².